The number of methoxy groups -OCH3 is 2. The van der Waals surface area contributed by atoms with Gasteiger partial charge in [-0.2, -0.15) is 0 Å². The maximum Gasteiger partial charge on any atom is 0.144 e. The Morgan fingerprint density at radius 1 is 1.28 bits per heavy atom. The van der Waals surface area contributed by atoms with Crippen molar-refractivity contribution in [1.82, 2.24) is 15.0 Å². The molecule has 0 aliphatic carbocycles. The first-order valence-corrected chi connectivity index (χ1v) is 5.45. The van der Waals surface area contributed by atoms with Gasteiger partial charge in [0.05, 0.1) is 26.5 Å². The summed E-state index contributed by atoms with van der Waals surface area (Å²) in [5, 5.41) is 17.1. The molecular weight excluding hydrogens is 234 g/mol. The summed E-state index contributed by atoms with van der Waals surface area (Å²) in [6.07, 6.45) is 0. The van der Waals surface area contributed by atoms with Gasteiger partial charge in [-0.15, -0.1) is 5.10 Å². The SMILES string of the molecule is COc1ccc(OC)c(-n2nnc(CO)c2C)c1. The van der Waals surface area contributed by atoms with Gasteiger partial charge in [-0.3, -0.25) is 0 Å². The fourth-order valence-corrected chi connectivity index (χ4v) is 1.70. The number of aliphatic hydroxyl groups is 1. The Bertz CT molecular complexity index is 551. The Labute approximate surface area is 105 Å². The van der Waals surface area contributed by atoms with Crippen LogP contribution in [0.5, 0.6) is 11.5 Å². The van der Waals surface area contributed by atoms with E-state index in [1.807, 2.05) is 19.1 Å². The molecule has 0 saturated carbocycles. The third kappa shape index (κ3) is 2.02. The van der Waals surface area contributed by atoms with Gasteiger partial charge in [0.2, 0.25) is 0 Å². The second-order valence-corrected chi connectivity index (χ2v) is 3.73. The highest BCUT2D eigenvalue weighted by molar-refractivity contribution is 5.51. The van der Waals surface area contributed by atoms with E-state index in [1.165, 1.54) is 0 Å². The number of aliphatic hydroxyl groups excluding tert-OH is 1. The lowest BCUT2D eigenvalue weighted by molar-refractivity contribution is 0.276. The van der Waals surface area contributed by atoms with Gasteiger partial charge < -0.3 is 14.6 Å². The summed E-state index contributed by atoms with van der Waals surface area (Å²) in [5.41, 5.74) is 2.03. The molecule has 18 heavy (non-hydrogen) atoms. The van der Waals surface area contributed by atoms with Crippen molar-refractivity contribution < 1.29 is 14.6 Å². The van der Waals surface area contributed by atoms with E-state index in [9.17, 15) is 0 Å². The average molecular weight is 249 g/mol. The Morgan fingerprint density at radius 2 is 2.06 bits per heavy atom. The Kier molecular flexibility index (Phi) is 3.47. The number of hydrogen-bond acceptors (Lipinski definition) is 5. The van der Waals surface area contributed by atoms with Gasteiger partial charge in [-0.1, -0.05) is 5.21 Å². The van der Waals surface area contributed by atoms with Crippen LogP contribution in [0.25, 0.3) is 5.69 Å². The zero-order valence-corrected chi connectivity index (χ0v) is 10.5. The summed E-state index contributed by atoms with van der Waals surface area (Å²) in [5.74, 6) is 1.36. The van der Waals surface area contributed by atoms with Gasteiger partial charge in [-0.05, 0) is 19.1 Å². The number of ether oxygens (including phenoxy) is 2. The molecule has 0 radical (unpaired) electrons. The van der Waals surface area contributed by atoms with Crippen LogP contribution >= 0.6 is 0 Å². The summed E-state index contributed by atoms with van der Waals surface area (Å²) >= 11 is 0. The molecule has 0 spiro atoms. The van der Waals surface area contributed by atoms with Gasteiger partial charge >= 0.3 is 0 Å². The molecule has 0 aliphatic heterocycles. The van der Waals surface area contributed by atoms with Crippen LogP contribution in [0.15, 0.2) is 18.2 Å². The van der Waals surface area contributed by atoms with E-state index in [0.717, 1.165) is 11.4 Å². The highest BCUT2D eigenvalue weighted by atomic mass is 16.5. The van der Waals surface area contributed by atoms with E-state index in [4.69, 9.17) is 14.6 Å². The molecule has 1 N–H and O–H groups in total. The van der Waals surface area contributed by atoms with E-state index in [-0.39, 0.29) is 6.61 Å². The molecule has 2 aromatic rings. The molecule has 6 heteroatoms. The number of nitrogens with zero attached hydrogens (tertiary/aromatic N) is 3. The molecule has 0 fully saturated rings. The van der Waals surface area contributed by atoms with Crippen LogP contribution in [0.4, 0.5) is 0 Å². The third-order valence-electron chi connectivity index (χ3n) is 2.75. The van der Waals surface area contributed by atoms with Gasteiger partial charge in [0.1, 0.15) is 22.9 Å². The first-order chi connectivity index (χ1) is 8.71. The first-order valence-electron chi connectivity index (χ1n) is 5.45. The van der Waals surface area contributed by atoms with Crippen molar-refractivity contribution in [3.8, 4) is 17.2 Å². The molecule has 0 saturated heterocycles. The fourth-order valence-electron chi connectivity index (χ4n) is 1.70. The topological polar surface area (TPSA) is 69.4 Å². The van der Waals surface area contributed by atoms with E-state index >= 15 is 0 Å². The molecule has 0 bridgehead atoms. The maximum absolute atomic E-state index is 9.13. The molecule has 6 nitrogen and oxygen atoms in total. The number of aromatic nitrogens is 3. The summed E-state index contributed by atoms with van der Waals surface area (Å²) in [7, 11) is 3.18. The zero-order chi connectivity index (χ0) is 13.1. The lowest BCUT2D eigenvalue weighted by Gasteiger charge is -2.11. The highest BCUT2D eigenvalue weighted by Crippen LogP contribution is 2.28. The Balaban J connectivity index is 2.57. The molecular formula is C12H15N3O3. The van der Waals surface area contributed by atoms with Crippen molar-refractivity contribution in [3.05, 3.63) is 29.6 Å². The smallest absolute Gasteiger partial charge is 0.144 e. The third-order valence-corrected chi connectivity index (χ3v) is 2.75. The maximum atomic E-state index is 9.13. The van der Waals surface area contributed by atoms with Crippen molar-refractivity contribution in [2.24, 2.45) is 0 Å². The van der Waals surface area contributed by atoms with E-state index in [1.54, 1.807) is 25.0 Å². The lowest BCUT2D eigenvalue weighted by Crippen LogP contribution is -2.03. The van der Waals surface area contributed by atoms with Crippen molar-refractivity contribution >= 4 is 0 Å². The molecule has 2 rings (SSSR count). The van der Waals surface area contributed by atoms with E-state index < -0.39 is 0 Å². The van der Waals surface area contributed by atoms with Crippen LogP contribution in [-0.4, -0.2) is 34.3 Å². The number of rotatable bonds is 4. The second kappa shape index (κ2) is 5.05. The van der Waals surface area contributed by atoms with E-state index in [0.29, 0.717) is 17.2 Å². The van der Waals surface area contributed by atoms with Crippen LogP contribution in [-0.2, 0) is 6.61 Å². The van der Waals surface area contributed by atoms with Gasteiger partial charge in [0.25, 0.3) is 0 Å². The standard InChI is InChI=1S/C12H15N3O3/c1-8-10(7-16)13-14-15(8)11-6-9(17-2)4-5-12(11)18-3/h4-6,16H,7H2,1-3H3. The highest BCUT2D eigenvalue weighted by Gasteiger charge is 2.14. The van der Waals surface area contributed by atoms with Crippen LogP contribution in [0.2, 0.25) is 0 Å². The van der Waals surface area contributed by atoms with Gasteiger partial charge in [0, 0.05) is 6.07 Å². The number of benzene rings is 1. The van der Waals surface area contributed by atoms with Gasteiger partial charge in [-0.25, -0.2) is 4.68 Å². The number of hydrogen-bond donors (Lipinski definition) is 1. The minimum absolute atomic E-state index is 0.141. The Morgan fingerprint density at radius 3 is 2.61 bits per heavy atom. The molecule has 0 unspecified atom stereocenters. The summed E-state index contributed by atoms with van der Waals surface area (Å²) in [6, 6.07) is 5.41. The Hall–Kier alpha value is -2.08. The summed E-state index contributed by atoms with van der Waals surface area (Å²) in [6.45, 7) is 1.70. The van der Waals surface area contributed by atoms with Crippen molar-refractivity contribution in [3.63, 3.8) is 0 Å². The zero-order valence-electron chi connectivity index (χ0n) is 10.5. The molecule has 0 amide bonds. The molecule has 0 aliphatic rings. The second-order valence-electron chi connectivity index (χ2n) is 3.73. The minimum Gasteiger partial charge on any atom is -0.497 e. The summed E-state index contributed by atoms with van der Waals surface area (Å²) in [4.78, 5) is 0. The monoisotopic (exact) mass is 249 g/mol. The van der Waals surface area contributed by atoms with Crippen molar-refractivity contribution in [2.45, 2.75) is 13.5 Å². The lowest BCUT2D eigenvalue weighted by atomic mass is 10.2. The average Bonchev–Trinajstić information content (AvgIpc) is 2.78. The van der Waals surface area contributed by atoms with Crippen LogP contribution in [0.3, 0.4) is 0 Å². The van der Waals surface area contributed by atoms with E-state index in [2.05, 4.69) is 10.3 Å². The predicted molar refractivity (Wildman–Crippen MR) is 65.1 cm³/mol. The minimum atomic E-state index is -0.141. The van der Waals surface area contributed by atoms with Crippen molar-refractivity contribution in [1.29, 1.82) is 0 Å². The first kappa shape index (κ1) is 12.4. The largest absolute Gasteiger partial charge is 0.497 e. The quantitative estimate of drug-likeness (QED) is 0.878. The molecule has 0 atom stereocenters. The van der Waals surface area contributed by atoms with Crippen LogP contribution < -0.4 is 9.47 Å². The molecule has 1 heterocycles. The predicted octanol–water partition coefficient (Wildman–Crippen LogP) is 1.09. The van der Waals surface area contributed by atoms with Crippen LogP contribution in [0, 0.1) is 6.92 Å². The molecule has 1 aromatic carbocycles. The molecule has 1 aromatic heterocycles. The normalized spacial score (nSPS) is 10.4. The van der Waals surface area contributed by atoms with Crippen molar-refractivity contribution in [2.75, 3.05) is 14.2 Å². The summed E-state index contributed by atoms with van der Waals surface area (Å²) < 4.78 is 12.1. The van der Waals surface area contributed by atoms with Gasteiger partial charge in [0.15, 0.2) is 0 Å². The fraction of sp³-hybridized carbons (Fsp3) is 0.333. The van der Waals surface area contributed by atoms with Crippen LogP contribution in [0.1, 0.15) is 11.4 Å². The molecule has 96 valence electrons.